The molecule has 0 aliphatic rings. The van der Waals surface area contributed by atoms with Gasteiger partial charge >= 0.3 is 0 Å². The lowest BCUT2D eigenvalue weighted by Gasteiger charge is -2.11. The number of ether oxygens (including phenoxy) is 2. The zero-order valence-corrected chi connectivity index (χ0v) is 10.6. The minimum atomic E-state index is 0.616. The van der Waals surface area contributed by atoms with Crippen molar-refractivity contribution in [3.63, 3.8) is 0 Å². The molecule has 1 N–H and O–H groups in total. The minimum absolute atomic E-state index is 0.616. The Morgan fingerprint density at radius 1 is 1.29 bits per heavy atom. The van der Waals surface area contributed by atoms with Crippen LogP contribution in [0.2, 0.25) is 0 Å². The zero-order valence-electron chi connectivity index (χ0n) is 10.6. The molecule has 1 aromatic heterocycles. The molecule has 0 bridgehead atoms. The van der Waals surface area contributed by atoms with Gasteiger partial charge in [-0.05, 0) is 6.07 Å². The fourth-order valence-electron chi connectivity index (χ4n) is 1.16. The number of nitrogens with one attached hydrogen (secondary N) is 1. The first-order chi connectivity index (χ1) is 8.24. The Hall–Kier alpha value is -1.40. The molecule has 1 aromatic rings. The van der Waals surface area contributed by atoms with Crippen molar-refractivity contribution in [1.29, 1.82) is 0 Å². The van der Waals surface area contributed by atoms with Gasteiger partial charge in [0.1, 0.15) is 5.82 Å². The maximum Gasteiger partial charge on any atom is 0.226 e. The van der Waals surface area contributed by atoms with Crippen LogP contribution in [0, 0.1) is 0 Å². The first-order valence-corrected chi connectivity index (χ1v) is 5.55. The summed E-state index contributed by atoms with van der Waals surface area (Å²) in [6.07, 6.45) is 1.73. The summed E-state index contributed by atoms with van der Waals surface area (Å²) in [5, 5.41) is 3.17. The van der Waals surface area contributed by atoms with E-state index in [-0.39, 0.29) is 0 Å². The molecule has 17 heavy (non-hydrogen) atoms. The molecule has 0 radical (unpaired) electrons. The van der Waals surface area contributed by atoms with Gasteiger partial charge in [0.2, 0.25) is 5.95 Å². The van der Waals surface area contributed by atoms with E-state index in [0.29, 0.717) is 32.3 Å². The van der Waals surface area contributed by atoms with E-state index in [0.717, 1.165) is 5.82 Å². The number of aromatic nitrogens is 2. The van der Waals surface area contributed by atoms with Crippen LogP contribution in [-0.4, -0.2) is 57.5 Å². The van der Waals surface area contributed by atoms with Crippen molar-refractivity contribution in [1.82, 2.24) is 9.97 Å². The van der Waals surface area contributed by atoms with Gasteiger partial charge in [-0.2, -0.15) is 4.98 Å². The van der Waals surface area contributed by atoms with Crippen LogP contribution in [0.25, 0.3) is 0 Å². The quantitative estimate of drug-likeness (QED) is 0.672. The summed E-state index contributed by atoms with van der Waals surface area (Å²) in [7, 11) is 5.48. The Bertz CT molecular complexity index is 320. The standard InChI is InChI=1S/C11H20N4O2/c1-15(2)11-13-5-4-10(14-11)12-6-7-17-9-8-16-3/h4-5H,6-9H2,1-3H3,(H,12,13,14). The molecule has 0 atom stereocenters. The van der Waals surface area contributed by atoms with Crippen LogP contribution >= 0.6 is 0 Å². The molecular weight excluding hydrogens is 220 g/mol. The predicted molar refractivity (Wildman–Crippen MR) is 67.5 cm³/mol. The third-order valence-corrected chi connectivity index (χ3v) is 2.03. The predicted octanol–water partition coefficient (Wildman–Crippen LogP) is 0.617. The molecule has 0 unspecified atom stereocenters. The summed E-state index contributed by atoms with van der Waals surface area (Å²) in [6.45, 7) is 2.58. The molecule has 0 spiro atoms. The number of hydrogen-bond donors (Lipinski definition) is 1. The number of rotatable bonds is 8. The fraction of sp³-hybridized carbons (Fsp3) is 0.636. The Kier molecular flexibility index (Phi) is 6.27. The molecule has 0 saturated heterocycles. The van der Waals surface area contributed by atoms with E-state index in [9.17, 15) is 0 Å². The van der Waals surface area contributed by atoms with Gasteiger partial charge in [0.25, 0.3) is 0 Å². The summed E-state index contributed by atoms with van der Waals surface area (Å²) >= 11 is 0. The summed E-state index contributed by atoms with van der Waals surface area (Å²) in [4.78, 5) is 10.3. The number of hydrogen-bond acceptors (Lipinski definition) is 6. The molecule has 96 valence electrons. The normalized spacial score (nSPS) is 10.3. The van der Waals surface area contributed by atoms with Crippen molar-refractivity contribution < 1.29 is 9.47 Å². The largest absolute Gasteiger partial charge is 0.382 e. The summed E-state index contributed by atoms with van der Waals surface area (Å²) in [6, 6.07) is 1.84. The van der Waals surface area contributed by atoms with E-state index in [1.165, 1.54) is 0 Å². The van der Waals surface area contributed by atoms with Gasteiger partial charge in [-0.25, -0.2) is 4.98 Å². The van der Waals surface area contributed by atoms with Gasteiger partial charge in [-0.3, -0.25) is 0 Å². The van der Waals surface area contributed by atoms with Gasteiger partial charge < -0.3 is 19.7 Å². The van der Waals surface area contributed by atoms with E-state index < -0.39 is 0 Å². The Morgan fingerprint density at radius 3 is 2.82 bits per heavy atom. The molecular formula is C11H20N4O2. The molecule has 1 heterocycles. The molecule has 0 amide bonds. The minimum Gasteiger partial charge on any atom is -0.382 e. The second kappa shape index (κ2) is 7.81. The van der Waals surface area contributed by atoms with Crippen LogP contribution in [0.4, 0.5) is 11.8 Å². The van der Waals surface area contributed by atoms with E-state index in [2.05, 4.69) is 15.3 Å². The topological polar surface area (TPSA) is 59.5 Å². The van der Waals surface area contributed by atoms with Crippen LogP contribution in [-0.2, 0) is 9.47 Å². The Balaban J connectivity index is 2.24. The van der Waals surface area contributed by atoms with E-state index in [1.807, 2.05) is 25.1 Å². The maximum atomic E-state index is 5.33. The third-order valence-electron chi connectivity index (χ3n) is 2.03. The number of anilines is 2. The van der Waals surface area contributed by atoms with Crippen molar-refractivity contribution in [3.8, 4) is 0 Å². The van der Waals surface area contributed by atoms with Crippen LogP contribution < -0.4 is 10.2 Å². The van der Waals surface area contributed by atoms with Gasteiger partial charge in [0.05, 0.1) is 19.8 Å². The zero-order chi connectivity index (χ0) is 12.5. The lowest BCUT2D eigenvalue weighted by molar-refractivity contribution is 0.0759. The monoisotopic (exact) mass is 240 g/mol. The number of methoxy groups -OCH3 is 1. The summed E-state index contributed by atoms with van der Waals surface area (Å²) < 4.78 is 10.2. The molecule has 0 aromatic carbocycles. The highest BCUT2D eigenvalue weighted by molar-refractivity contribution is 5.40. The SMILES string of the molecule is COCCOCCNc1ccnc(N(C)C)n1. The molecule has 0 aliphatic heterocycles. The van der Waals surface area contributed by atoms with Crippen LogP contribution in [0.1, 0.15) is 0 Å². The van der Waals surface area contributed by atoms with Gasteiger partial charge in [0, 0.05) is 33.9 Å². The second-order valence-electron chi connectivity index (χ2n) is 3.67. The first-order valence-electron chi connectivity index (χ1n) is 5.55. The van der Waals surface area contributed by atoms with Crippen LogP contribution in [0.5, 0.6) is 0 Å². The lowest BCUT2D eigenvalue weighted by atomic mass is 10.5. The second-order valence-corrected chi connectivity index (χ2v) is 3.67. The maximum absolute atomic E-state index is 5.33. The average Bonchev–Trinajstić information content (AvgIpc) is 2.34. The van der Waals surface area contributed by atoms with E-state index in [4.69, 9.17) is 9.47 Å². The summed E-state index contributed by atoms with van der Waals surface area (Å²) in [5.41, 5.74) is 0. The van der Waals surface area contributed by atoms with Crippen molar-refractivity contribution in [3.05, 3.63) is 12.3 Å². The fourth-order valence-corrected chi connectivity index (χ4v) is 1.16. The van der Waals surface area contributed by atoms with Crippen molar-refractivity contribution in [2.24, 2.45) is 0 Å². The molecule has 0 fully saturated rings. The van der Waals surface area contributed by atoms with Crippen molar-refractivity contribution >= 4 is 11.8 Å². The van der Waals surface area contributed by atoms with Crippen molar-refractivity contribution in [2.75, 3.05) is 57.8 Å². The van der Waals surface area contributed by atoms with Crippen LogP contribution in [0.3, 0.4) is 0 Å². The first kappa shape index (κ1) is 13.7. The molecule has 0 aliphatic carbocycles. The van der Waals surface area contributed by atoms with Gasteiger partial charge in [-0.1, -0.05) is 0 Å². The lowest BCUT2D eigenvalue weighted by Crippen LogP contribution is -2.15. The average molecular weight is 240 g/mol. The Morgan fingerprint density at radius 2 is 2.12 bits per heavy atom. The van der Waals surface area contributed by atoms with Crippen LogP contribution in [0.15, 0.2) is 12.3 Å². The highest BCUT2D eigenvalue weighted by atomic mass is 16.5. The van der Waals surface area contributed by atoms with Crippen molar-refractivity contribution in [2.45, 2.75) is 0 Å². The molecule has 0 saturated carbocycles. The van der Waals surface area contributed by atoms with Gasteiger partial charge in [-0.15, -0.1) is 0 Å². The van der Waals surface area contributed by atoms with E-state index in [1.54, 1.807) is 13.3 Å². The molecule has 6 nitrogen and oxygen atoms in total. The van der Waals surface area contributed by atoms with Gasteiger partial charge in [0.15, 0.2) is 0 Å². The highest BCUT2D eigenvalue weighted by Gasteiger charge is 1.99. The number of nitrogens with zero attached hydrogens (tertiary/aromatic N) is 3. The molecule has 6 heteroatoms. The molecule has 1 rings (SSSR count). The third kappa shape index (κ3) is 5.46. The smallest absolute Gasteiger partial charge is 0.226 e. The summed E-state index contributed by atoms with van der Waals surface area (Å²) in [5.74, 6) is 1.49. The highest BCUT2D eigenvalue weighted by Crippen LogP contribution is 2.07. The van der Waals surface area contributed by atoms with E-state index >= 15 is 0 Å². The Labute approximate surface area is 102 Å².